The van der Waals surface area contributed by atoms with Crippen molar-refractivity contribution in [3.8, 4) is 0 Å². The molecule has 0 rings (SSSR count). The number of carbonyl (C=O) groups is 2. The fraction of sp³-hybridized carbons (Fsp3) is 0.636. The van der Waals surface area contributed by atoms with E-state index in [1.807, 2.05) is 39.4 Å². The molecule has 1 amide bonds. The first kappa shape index (κ1) is 72.2. The molecule has 0 aromatic rings. The third-order valence-electron chi connectivity index (χ3n) is 12.3. The van der Waals surface area contributed by atoms with Crippen molar-refractivity contribution in [3.05, 3.63) is 134 Å². The Hall–Kier alpha value is -3.85. The van der Waals surface area contributed by atoms with Gasteiger partial charge in [-0.3, -0.25) is 14.2 Å². The number of rotatable bonds is 52. The standard InChI is InChI=1S/C66H111N2O7P/c1-7-10-13-16-19-22-25-28-30-32-34-36-38-40-43-46-49-52-55-58-65(69)67-63(62-74-76(71,72)73-61-60-68(4,5)6)64(57-54-51-48-45-42-27-24-21-18-15-12-9-3)75-66(70)59-56-53-50-47-44-41-39-37-35-33-31-29-26-23-20-17-14-11-8-2/h11,14,19-20,22-23,28-31,34-37,40-41,43-44,50,53-54,57,63-64H,7-10,12-13,15-18,21,24-27,32-33,38-39,42,45-49,51-52,55-56,58-62H2,1-6H3,(H-,67,69,71,72)/b14-11-,22-19-,23-20-,30-28-,31-29-,36-34-,37-35-,43-40-,44-41-,53-50-,57-54+. The van der Waals surface area contributed by atoms with Crippen LogP contribution in [0.2, 0.25) is 0 Å². The Kier molecular flexibility index (Phi) is 51.7. The van der Waals surface area contributed by atoms with Crippen LogP contribution in [0.25, 0.3) is 0 Å². The predicted molar refractivity (Wildman–Crippen MR) is 325 cm³/mol. The van der Waals surface area contributed by atoms with Gasteiger partial charge in [-0.15, -0.1) is 0 Å². The number of carbonyl (C=O) groups excluding carboxylic acids is 2. The molecule has 0 bridgehead atoms. The quantitative estimate of drug-likeness (QED) is 0.0212. The van der Waals surface area contributed by atoms with E-state index in [-0.39, 0.29) is 25.4 Å². The van der Waals surface area contributed by atoms with Crippen LogP contribution in [-0.2, 0) is 27.9 Å². The van der Waals surface area contributed by atoms with Gasteiger partial charge in [0, 0.05) is 12.8 Å². The maximum atomic E-state index is 13.5. The molecule has 0 aliphatic heterocycles. The molecule has 0 saturated heterocycles. The van der Waals surface area contributed by atoms with E-state index < -0.39 is 32.5 Å². The molecule has 0 aliphatic rings. The summed E-state index contributed by atoms with van der Waals surface area (Å²) in [5, 5.41) is 2.98. The predicted octanol–water partition coefficient (Wildman–Crippen LogP) is 17.9. The normalized spacial score (nSPS) is 14.7. The van der Waals surface area contributed by atoms with Gasteiger partial charge < -0.3 is 28.5 Å². The highest BCUT2D eigenvalue weighted by Crippen LogP contribution is 2.38. The third-order valence-corrected chi connectivity index (χ3v) is 13.3. The number of allylic oxidation sites excluding steroid dienone is 21. The molecule has 0 heterocycles. The molecular weight excluding hydrogens is 964 g/mol. The van der Waals surface area contributed by atoms with Gasteiger partial charge in [0.1, 0.15) is 19.3 Å². The van der Waals surface area contributed by atoms with Crippen molar-refractivity contribution in [1.29, 1.82) is 0 Å². The first-order valence-electron chi connectivity index (χ1n) is 30.0. The largest absolute Gasteiger partial charge is 0.756 e. The molecule has 76 heavy (non-hydrogen) atoms. The Labute approximate surface area is 466 Å². The van der Waals surface area contributed by atoms with Crippen molar-refractivity contribution < 1.29 is 37.3 Å². The fourth-order valence-electron chi connectivity index (χ4n) is 7.71. The van der Waals surface area contributed by atoms with Gasteiger partial charge >= 0.3 is 5.97 Å². The van der Waals surface area contributed by atoms with E-state index in [1.165, 1.54) is 77.0 Å². The number of ether oxygens (including phenoxy) is 1. The van der Waals surface area contributed by atoms with Crippen molar-refractivity contribution in [1.82, 2.24) is 5.32 Å². The molecule has 0 fully saturated rings. The number of unbranched alkanes of at least 4 members (excludes halogenated alkanes) is 16. The number of nitrogens with zero attached hydrogens (tertiary/aromatic N) is 1. The van der Waals surface area contributed by atoms with E-state index in [9.17, 15) is 19.0 Å². The summed E-state index contributed by atoms with van der Waals surface area (Å²) in [5.74, 6) is -0.686. The highest BCUT2D eigenvalue weighted by Gasteiger charge is 2.27. The lowest BCUT2D eigenvalue weighted by Gasteiger charge is -2.30. The number of phosphoric acid groups is 1. The number of likely N-dealkylation sites (N-methyl/N-ethyl adjacent to an activating group) is 1. The number of hydrogen-bond donors (Lipinski definition) is 1. The van der Waals surface area contributed by atoms with Crippen LogP contribution in [0.15, 0.2) is 134 Å². The summed E-state index contributed by atoms with van der Waals surface area (Å²) in [6.07, 6.45) is 77.2. The van der Waals surface area contributed by atoms with Gasteiger partial charge in [-0.1, -0.05) is 225 Å². The maximum absolute atomic E-state index is 13.5. The number of hydrogen-bond acceptors (Lipinski definition) is 7. The maximum Gasteiger partial charge on any atom is 0.306 e. The summed E-state index contributed by atoms with van der Waals surface area (Å²) in [6, 6.07) is -0.945. The monoisotopic (exact) mass is 1070 g/mol. The van der Waals surface area contributed by atoms with Gasteiger partial charge in [0.2, 0.25) is 5.91 Å². The van der Waals surface area contributed by atoms with Crippen LogP contribution in [0.1, 0.15) is 220 Å². The highest BCUT2D eigenvalue weighted by atomic mass is 31.2. The number of nitrogens with one attached hydrogen (secondary N) is 1. The summed E-state index contributed by atoms with van der Waals surface area (Å²) < 4.78 is 30.2. The van der Waals surface area contributed by atoms with Crippen LogP contribution in [-0.4, -0.2) is 69.4 Å². The second-order valence-corrected chi connectivity index (χ2v) is 22.2. The number of amides is 1. The average Bonchev–Trinajstić information content (AvgIpc) is 3.38. The minimum absolute atomic E-state index is 0.0475. The Morgan fingerprint density at radius 1 is 0.474 bits per heavy atom. The van der Waals surface area contributed by atoms with Crippen LogP contribution in [0.5, 0.6) is 0 Å². The van der Waals surface area contributed by atoms with Crippen molar-refractivity contribution in [2.24, 2.45) is 0 Å². The first-order chi connectivity index (χ1) is 36.9. The van der Waals surface area contributed by atoms with E-state index in [0.717, 1.165) is 96.3 Å². The first-order valence-corrected chi connectivity index (χ1v) is 31.5. The minimum Gasteiger partial charge on any atom is -0.756 e. The van der Waals surface area contributed by atoms with E-state index in [0.29, 0.717) is 23.9 Å². The van der Waals surface area contributed by atoms with Gasteiger partial charge in [-0.2, -0.15) is 0 Å². The topological polar surface area (TPSA) is 114 Å². The molecule has 10 heteroatoms. The molecule has 0 aromatic carbocycles. The molecule has 3 atom stereocenters. The summed E-state index contributed by atoms with van der Waals surface area (Å²) in [6.45, 7) is 6.60. The molecule has 0 spiro atoms. The zero-order valence-electron chi connectivity index (χ0n) is 49.2. The SMILES string of the molecule is CC/C=C\C/C=C\C/C=C\C/C=C\C/C=C\C/C=C\CCC(=O)OC(/C=C/CCCCCCCCCCCC)C(COP(=O)([O-])OCC[N+](C)(C)C)NC(=O)CCCCC/C=C\C/C=C\C/C=C\C/C=C\CCCCC. The van der Waals surface area contributed by atoms with E-state index >= 15 is 0 Å². The van der Waals surface area contributed by atoms with Crippen LogP contribution in [0.4, 0.5) is 0 Å². The number of phosphoric ester groups is 1. The lowest BCUT2D eigenvalue weighted by molar-refractivity contribution is -0.870. The molecule has 0 saturated carbocycles. The summed E-state index contributed by atoms with van der Waals surface area (Å²) in [5.41, 5.74) is 0. The zero-order valence-corrected chi connectivity index (χ0v) is 50.0. The van der Waals surface area contributed by atoms with Crippen molar-refractivity contribution in [2.75, 3.05) is 40.9 Å². The molecule has 0 aliphatic carbocycles. The third kappa shape index (κ3) is 54.9. The number of quaternary nitrogens is 1. The van der Waals surface area contributed by atoms with E-state index in [4.69, 9.17) is 13.8 Å². The van der Waals surface area contributed by atoms with Gasteiger partial charge in [0.05, 0.1) is 33.8 Å². The van der Waals surface area contributed by atoms with Crippen LogP contribution in [0.3, 0.4) is 0 Å². The Balaban J connectivity index is 5.50. The van der Waals surface area contributed by atoms with E-state index in [1.54, 1.807) is 6.08 Å². The van der Waals surface area contributed by atoms with E-state index in [2.05, 4.69) is 135 Å². The van der Waals surface area contributed by atoms with Gasteiger partial charge in [-0.05, 0) is 115 Å². The minimum atomic E-state index is -4.73. The van der Waals surface area contributed by atoms with Crippen LogP contribution >= 0.6 is 7.82 Å². The molecular formula is C66H111N2O7P. The second-order valence-electron chi connectivity index (χ2n) is 20.8. The molecule has 1 N–H and O–H groups in total. The van der Waals surface area contributed by atoms with Gasteiger partial charge in [0.15, 0.2) is 0 Å². The van der Waals surface area contributed by atoms with Gasteiger partial charge in [-0.25, -0.2) is 0 Å². The summed E-state index contributed by atoms with van der Waals surface area (Å²) >= 11 is 0. The molecule has 0 aromatic heterocycles. The highest BCUT2D eigenvalue weighted by molar-refractivity contribution is 7.45. The zero-order chi connectivity index (χ0) is 55.7. The van der Waals surface area contributed by atoms with Crippen molar-refractivity contribution in [3.63, 3.8) is 0 Å². The molecule has 9 nitrogen and oxygen atoms in total. The van der Waals surface area contributed by atoms with Crippen molar-refractivity contribution in [2.45, 2.75) is 232 Å². The lowest BCUT2D eigenvalue weighted by Crippen LogP contribution is -2.47. The van der Waals surface area contributed by atoms with Crippen molar-refractivity contribution >= 4 is 19.7 Å². The van der Waals surface area contributed by atoms with Crippen LogP contribution < -0.4 is 10.2 Å². The van der Waals surface area contributed by atoms with Crippen LogP contribution in [0, 0.1) is 0 Å². The molecule has 432 valence electrons. The molecule has 3 unspecified atom stereocenters. The average molecular weight is 1080 g/mol. The Morgan fingerprint density at radius 3 is 1.32 bits per heavy atom. The summed E-state index contributed by atoms with van der Waals surface area (Å²) in [7, 11) is 1.10. The lowest BCUT2D eigenvalue weighted by atomic mass is 10.1. The fourth-order valence-corrected chi connectivity index (χ4v) is 8.43. The second kappa shape index (κ2) is 54.5. The smallest absolute Gasteiger partial charge is 0.306 e. The Bertz CT molecular complexity index is 1760. The number of esters is 1. The van der Waals surface area contributed by atoms with Gasteiger partial charge in [0.25, 0.3) is 7.82 Å². The Morgan fingerprint density at radius 2 is 0.855 bits per heavy atom. The molecule has 0 radical (unpaired) electrons. The summed E-state index contributed by atoms with van der Waals surface area (Å²) in [4.78, 5) is 39.9.